The molecule has 0 aliphatic heterocycles. The van der Waals surface area contributed by atoms with Crippen LogP contribution in [0.5, 0.6) is 0 Å². The molecule has 1 aromatic heterocycles. The Labute approximate surface area is 119 Å². The van der Waals surface area contributed by atoms with Crippen LogP contribution < -0.4 is 5.73 Å². The average molecular weight is 282 g/mol. The highest BCUT2D eigenvalue weighted by Gasteiger charge is 2.32. The van der Waals surface area contributed by atoms with E-state index in [2.05, 4.69) is 37.6 Å². The summed E-state index contributed by atoms with van der Waals surface area (Å²) in [4.78, 5) is 0. The molecule has 1 heterocycles. The third-order valence-electron chi connectivity index (χ3n) is 4.18. The van der Waals surface area contributed by atoms with Crippen molar-refractivity contribution in [3.05, 3.63) is 23.5 Å². The lowest BCUT2D eigenvalue weighted by Crippen LogP contribution is -2.31. The van der Waals surface area contributed by atoms with E-state index in [4.69, 9.17) is 5.73 Å². The minimum Gasteiger partial charge on any atom is -0.348 e. The molecule has 0 spiro atoms. The molecular formula is C15H26N2OS. The van der Waals surface area contributed by atoms with Crippen molar-refractivity contribution in [2.24, 2.45) is 11.1 Å². The fraction of sp³-hybridized carbons (Fsp3) is 0.733. The molecule has 1 aliphatic carbocycles. The second-order valence-corrected chi connectivity index (χ2v) is 8.25. The molecule has 0 fully saturated rings. The van der Waals surface area contributed by atoms with Crippen molar-refractivity contribution in [3.63, 3.8) is 0 Å². The quantitative estimate of drug-likeness (QED) is 0.923. The maximum absolute atomic E-state index is 11.2. The molecule has 0 amide bonds. The van der Waals surface area contributed by atoms with Gasteiger partial charge in [-0.05, 0) is 43.2 Å². The number of nitrogens with zero attached hydrogens (tertiary/aromatic N) is 1. The van der Waals surface area contributed by atoms with Crippen LogP contribution in [0.15, 0.2) is 12.3 Å². The van der Waals surface area contributed by atoms with Gasteiger partial charge in [0, 0.05) is 46.8 Å². The Morgan fingerprint density at radius 3 is 2.89 bits per heavy atom. The third kappa shape index (κ3) is 3.29. The summed E-state index contributed by atoms with van der Waals surface area (Å²) in [6.07, 6.45) is 7.03. The van der Waals surface area contributed by atoms with E-state index in [1.807, 2.05) is 0 Å². The summed E-state index contributed by atoms with van der Waals surface area (Å²) in [6, 6.07) is 2.73. The third-order valence-corrected chi connectivity index (χ3v) is 4.99. The van der Waals surface area contributed by atoms with Crippen molar-refractivity contribution >= 4 is 10.8 Å². The van der Waals surface area contributed by atoms with E-state index >= 15 is 0 Å². The highest BCUT2D eigenvalue weighted by molar-refractivity contribution is 7.84. The van der Waals surface area contributed by atoms with Gasteiger partial charge in [-0.1, -0.05) is 13.8 Å². The number of hydrogen-bond donors (Lipinski definition) is 1. The van der Waals surface area contributed by atoms with Gasteiger partial charge < -0.3 is 10.3 Å². The largest absolute Gasteiger partial charge is 0.348 e. The standard InChI is InChI=1S/C15H26N2OS/c1-11(6-8-19(4)18)17-7-5-12-13(16)9-15(2,3)10-14(12)17/h5,7,11,13H,6,8-10,16H2,1-4H3. The van der Waals surface area contributed by atoms with Crippen LogP contribution in [-0.2, 0) is 17.2 Å². The highest BCUT2D eigenvalue weighted by Crippen LogP contribution is 2.40. The summed E-state index contributed by atoms with van der Waals surface area (Å²) in [5.74, 6) is 0.767. The van der Waals surface area contributed by atoms with E-state index in [-0.39, 0.29) is 11.5 Å². The van der Waals surface area contributed by atoms with Gasteiger partial charge in [-0.25, -0.2) is 0 Å². The molecule has 19 heavy (non-hydrogen) atoms. The lowest BCUT2D eigenvalue weighted by Gasteiger charge is -2.35. The smallest absolute Gasteiger partial charge is 0.0318 e. The molecule has 0 saturated heterocycles. The number of nitrogens with two attached hydrogens (primary N) is 1. The van der Waals surface area contributed by atoms with E-state index < -0.39 is 10.8 Å². The van der Waals surface area contributed by atoms with Gasteiger partial charge in [0.2, 0.25) is 0 Å². The second-order valence-electron chi connectivity index (χ2n) is 6.69. The maximum atomic E-state index is 11.2. The van der Waals surface area contributed by atoms with Gasteiger partial charge in [0.05, 0.1) is 0 Å². The van der Waals surface area contributed by atoms with E-state index in [0.717, 1.165) is 25.0 Å². The molecule has 1 aromatic rings. The summed E-state index contributed by atoms with van der Waals surface area (Å²) in [5, 5.41) is 0. The maximum Gasteiger partial charge on any atom is 0.0318 e. The first-order valence-electron chi connectivity index (χ1n) is 7.05. The Hall–Kier alpha value is -0.610. The van der Waals surface area contributed by atoms with E-state index in [9.17, 15) is 4.21 Å². The molecule has 3 unspecified atom stereocenters. The van der Waals surface area contributed by atoms with Crippen LogP contribution in [0.2, 0.25) is 0 Å². The van der Waals surface area contributed by atoms with Gasteiger partial charge in [0.1, 0.15) is 0 Å². The average Bonchev–Trinajstić information content (AvgIpc) is 2.67. The molecule has 0 aromatic carbocycles. The van der Waals surface area contributed by atoms with Crippen LogP contribution in [0.3, 0.4) is 0 Å². The van der Waals surface area contributed by atoms with Gasteiger partial charge >= 0.3 is 0 Å². The minimum atomic E-state index is -0.710. The predicted molar refractivity (Wildman–Crippen MR) is 81.7 cm³/mol. The zero-order valence-electron chi connectivity index (χ0n) is 12.5. The molecule has 2 rings (SSSR count). The predicted octanol–water partition coefficient (Wildman–Crippen LogP) is 2.79. The van der Waals surface area contributed by atoms with E-state index in [1.54, 1.807) is 6.26 Å². The van der Waals surface area contributed by atoms with Crippen molar-refractivity contribution in [1.82, 2.24) is 4.57 Å². The molecular weight excluding hydrogens is 256 g/mol. The van der Waals surface area contributed by atoms with Crippen LogP contribution in [0.4, 0.5) is 0 Å². The normalized spacial score (nSPS) is 24.8. The number of hydrogen-bond acceptors (Lipinski definition) is 2. The van der Waals surface area contributed by atoms with Crippen LogP contribution in [0.1, 0.15) is 57.0 Å². The highest BCUT2D eigenvalue weighted by atomic mass is 32.2. The molecule has 4 heteroatoms. The SMILES string of the molecule is CC(CCS(C)=O)n1ccc2c1CC(C)(C)CC2N. The summed E-state index contributed by atoms with van der Waals surface area (Å²) in [5.41, 5.74) is 9.27. The Balaban J connectivity index is 2.22. The van der Waals surface area contributed by atoms with Crippen molar-refractivity contribution in [2.75, 3.05) is 12.0 Å². The Bertz CT molecular complexity index is 478. The minimum absolute atomic E-state index is 0.160. The van der Waals surface area contributed by atoms with Gasteiger partial charge in [0.25, 0.3) is 0 Å². The Morgan fingerprint density at radius 2 is 2.26 bits per heavy atom. The van der Waals surface area contributed by atoms with Crippen LogP contribution in [0, 0.1) is 5.41 Å². The summed E-state index contributed by atoms with van der Waals surface area (Å²) < 4.78 is 13.6. The zero-order valence-corrected chi connectivity index (χ0v) is 13.3. The molecule has 3 nitrogen and oxygen atoms in total. The van der Waals surface area contributed by atoms with Crippen molar-refractivity contribution in [1.29, 1.82) is 0 Å². The van der Waals surface area contributed by atoms with Crippen LogP contribution in [0.25, 0.3) is 0 Å². The van der Waals surface area contributed by atoms with Crippen molar-refractivity contribution in [2.45, 2.75) is 52.1 Å². The molecule has 1 aliphatic rings. The van der Waals surface area contributed by atoms with Crippen LogP contribution >= 0.6 is 0 Å². The summed E-state index contributed by atoms with van der Waals surface area (Å²) in [6.45, 7) is 6.79. The zero-order chi connectivity index (χ0) is 14.2. The molecule has 108 valence electrons. The Kier molecular flexibility index (Phi) is 4.21. The molecule has 3 atom stereocenters. The number of rotatable bonds is 4. The van der Waals surface area contributed by atoms with Gasteiger partial charge in [-0.2, -0.15) is 0 Å². The van der Waals surface area contributed by atoms with Crippen molar-refractivity contribution < 1.29 is 4.21 Å². The van der Waals surface area contributed by atoms with E-state index in [0.29, 0.717) is 6.04 Å². The first-order chi connectivity index (χ1) is 8.80. The first kappa shape index (κ1) is 14.8. The van der Waals surface area contributed by atoms with Gasteiger partial charge in [-0.3, -0.25) is 4.21 Å². The Morgan fingerprint density at radius 1 is 1.58 bits per heavy atom. The number of fused-ring (bicyclic) bond motifs is 1. The number of aromatic nitrogens is 1. The van der Waals surface area contributed by atoms with Gasteiger partial charge in [0.15, 0.2) is 0 Å². The first-order valence-corrected chi connectivity index (χ1v) is 8.78. The molecule has 0 bridgehead atoms. The monoisotopic (exact) mass is 282 g/mol. The van der Waals surface area contributed by atoms with Gasteiger partial charge in [-0.15, -0.1) is 0 Å². The fourth-order valence-corrected chi connectivity index (χ4v) is 3.82. The molecule has 0 saturated carbocycles. The van der Waals surface area contributed by atoms with Crippen LogP contribution in [-0.4, -0.2) is 20.8 Å². The van der Waals surface area contributed by atoms with Crippen molar-refractivity contribution in [3.8, 4) is 0 Å². The molecule has 2 N–H and O–H groups in total. The summed E-state index contributed by atoms with van der Waals surface area (Å²) >= 11 is 0. The lowest BCUT2D eigenvalue weighted by atomic mass is 9.74. The summed E-state index contributed by atoms with van der Waals surface area (Å²) in [7, 11) is -0.710. The molecule has 0 radical (unpaired) electrons. The fourth-order valence-electron chi connectivity index (χ4n) is 3.15. The lowest BCUT2D eigenvalue weighted by molar-refractivity contribution is 0.272. The topological polar surface area (TPSA) is 48.0 Å². The van der Waals surface area contributed by atoms with E-state index in [1.165, 1.54) is 11.3 Å². The second kappa shape index (κ2) is 5.41.